The van der Waals surface area contributed by atoms with Crippen LogP contribution in [-0.2, 0) is 12.8 Å². The molecule has 0 spiro atoms. The van der Waals surface area contributed by atoms with E-state index < -0.39 is 0 Å². The minimum Gasteiger partial charge on any atom is -0.508 e. The van der Waals surface area contributed by atoms with E-state index in [-0.39, 0.29) is 0 Å². The fraction of sp³-hybridized carbons (Fsp3) is 0.200. The molecule has 2 aromatic carbocycles. The second-order valence-corrected chi connectivity index (χ2v) is 4.31. The van der Waals surface area contributed by atoms with Crippen LogP contribution in [0.1, 0.15) is 17.5 Å². The standard InChI is InChI=1S/C15H14O/c16-15-10-4-8-13-12-7-2-1-5-11(12)6-3-9-14(13)15/h1-2,4-5,7-8,10,16H,3,6,9H2. The monoisotopic (exact) mass is 210 g/mol. The number of rotatable bonds is 0. The van der Waals surface area contributed by atoms with Crippen LogP contribution < -0.4 is 0 Å². The molecule has 0 atom stereocenters. The highest BCUT2D eigenvalue weighted by atomic mass is 16.3. The average molecular weight is 210 g/mol. The van der Waals surface area contributed by atoms with Crippen LogP contribution in [0, 0.1) is 0 Å². The Bertz CT molecular complexity index is 529. The number of benzene rings is 2. The summed E-state index contributed by atoms with van der Waals surface area (Å²) in [6, 6.07) is 14.3. The third-order valence-corrected chi connectivity index (χ3v) is 3.33. The zero-order valence-electron chi connectivity index (χ0n) is 9.11. The topological polar surface area (TPSA) is 20.2 Å². The fourth-order valence-electron chi connectivity index (χ4n) is 2.55. The molecule has 0 saturated carbocycles. The van der Waals surface area contributed by atoms with Gasteiger partial charge in [0.25, 0.3) is 0 Å². The summed E-state index contributed by atoms with van der Waals surface area (Å²) in [6.45, 7) is 0. The molecule has 0 aromatic heterocycles. The highest BCUT2D eigenvalue weighted by Crippen LogP contribution is 2.36. The van der Waals surface area contributed by atoms with Gasteiger partial charge in [-0.2, -0.15) is 0 Å². The van der Waals surface area contributed by atoms with Gasteiger partial charge in [-0.05, 0) is 42.0 Å². The Morgan fingerprint density at radius 3 is 2.56 bits per heavy atom. The van der Waals surface area contributed by atoms with Crippen LogP contribution in [0.3, 0.4) is 0 Å². The molecule has 3 rings (SSSR count). The van der Waals surface area contributed by atoms with Gasteiger partial charge in [0, 0.05) is 5.56 Å². The first-order chi connectivity index (χ1) is 7.86. The molecule has 1 nitrogen and oxygen atoms in total. The molecular formula is C15H14O. The quantitative estimate of drug-likeness (QED) is 0.705. The van der Waals surface area contributed by atoms with Gasteiger partial charge in [0.05, 0.1) is 0 Å². The Morgan fingerprint density at radius 2 is 1.62 bits per heavy atom. The molecule has 1 aliphatic carbocycles. The van der Waals surface area contributed by atoms with E-state index in [4.69, 9.17) is 0 Å². The number of fused-ring (bicyclic) bond motifs is 3. The third kappa shape index (κ3) is 1.40. The lowest BCUT2D eigenvalue weighted by Gasteiger charge is -2.09. The van der Waals surface area contributed by atoms with E-state index in [1.54, 1.807) is 6.07 Å². The van der Waals surface area contributed by atoms with Gasteiger partial charge in [0.2, 0.25) is 0 Å². The summed E-state index contributed by atoms with van der Waals surface area (Å²) in [4.78, 5) is 0. The first kappa shape index (κ1) is 9.46. The Hall–Kier alpha value is -1.76. The van der Waals surface area contributed by atoms with Crippen LogP contribution in [0.25, 0.3) is 11.1 Å². The van der Waals surface area contributed by atoms with Crippen LogP contribution in [0.2, 0.25) is 0 Å². The molecule has 0 amide bonds. The smallest absolute Gasteiger partial charge is 0.119 e. The van der Waals surface area contributed by atoms with Gasteiger partial charge in [0.1, 0.15) is 5.75 Å². The summed E-state index contributed by atoms with van der Waals surface area (Å²) < 4.78 is 0. The number of aryl methyl sites for hydroxylation is 1. The summed E-state index contributed by atoms with van der Waals surface area (Å²) >= 11 is 0. The van der Waals surface area contributed by atoms with E-state index in [0.29, 0.717) is 5.75 Å². The summed E-state index contributed by atoms with van der Waals surface area (Å²) in [7, 11) is 0. The molecule has 1 N–H and O–H groups in total. The van der Waals surface area contributed by atoms with Crippen LogP contribution in [0.5, 0.6) is 5.75 Å². The predicted molar refractivity (Wildman–Crippen MR) is 65.6 cm³/mol. The molecule has 2 aromatic rings. The average Bonchev–Trinajstić information content (AvgIpc) is 2.50. The molecule has 0 aliphatic heterocycles. The Kier molecular flexibility index (Phi) is 2.17. The largest absolute Gasteiger partial charge is 0.508 e. The number of hydrogen-bond donors (Lipinski definition) is 1. The van der Waals surface area contributed by atoms with Crippen molar-refractivity contribution in [2.45, 2.75) is 19.3 Å². The maximum atomic E-state index is 9.91. The van der Waals surface area contributed by atoms with Crippen molar-refractivity contribution >= 4 is 0 Å². The minimum absolute atomic E-state index is 0.439. The van der Waals surface area contributed by atoms with Gasteiger partial charge in [-0.15, -0.1) is 0 Å². The first-order valence-electron chi connectivity index (χ1n) is 5.75. The third-order valence-electron chi connectivity index (χ3n) is 3.33. The van der Waals surface area contributed by atoms with E-state index in [9.17, 15) is 5.11 Å². The summed E-state index contributed by atoms with van der Waals surface area (Å²) in [6.07, 6.45) is 3.18. The van der Waals surface area contributed by atoms with Crippen molar-refractivity contribution in [3.05, 3.63) is 53.6 Å². The van der Waals surface area contributed by atoms with E-state index in [0.717, 1.165) is 24.8 Å². The van der Waals surface area contributed by atoms with Crippen molar-refractivity contribution in [2.75, 3.05) is 0 Å². The van der Waals surface area contributed by atoms with Gasteiger partial charge < -0.3 is 5.11 Å². The van der Waals surface area contributed by atoms with Crippen LogP contribution in [0.4, 0.5) is 0 Å². The van der Waals surface area contributed by atoms with Gasteiger partial charge in [-0.25, -0.2) is 0 Å². The van der Waals surface area contributed by atoms with E-state index in [1.807, 2.05) is 6.07 Å². The number of aromatic hydroxyl groups is 1. The molecular weight excluding hydrogens is 196 g/mol. The summed E-state index contributed by atoms with van der Waals surface area (Å²) in [5.74, 6) is 0.439. The predicted octanol–water partition coefficient (Wildman–Crippen LogP) is 3.55. The number of phenolic OH excluding ortho intramolecular Hbond substituents is 1. The van der Waals surface area contributed by atoms with Crippen molar-refractivity contribution in [3.8, 4) is 16.9 Å². The lowest BCUT2D eigenvalue weighted by Crippen LogP contribution is -1.87. The van der Waals surface area contributed by atoms with Crippen LogP contribution in [-0.4, -0.2) is 5.11 Å². The van der Waals surface area contributed by atoms with E-state index in [1.165, 1.54) is 16.7 Å². The molecule has 0 saturated heterocycles. The minimum atomic E-state index is 0.439. The summed E-state index contributed by atoms with van der Waals surface area (Å²) in [5.41, 5.74) is 4.98. The van der Waals surface area contributed by atoms with Crippen molar-refractivity contribution < 1.29 is 5.11 Å². The van der Waals surface area contributed by atoms with Crippen molar-refractivity contribution in [3.63, 3.8) is 0 Å². The molecule has 0 radical (unpaired) electrons. The van der Waals surface area contributed by atoms with Crippen LogP contribution >= 0.6 is 0 Å². The summed E-state index contributed by atoms with van der Waals surface area (Å²) in [5, 5.41) is 9.91. The maximum Gasteiger partial charge on any atom is 0.119 e. The van der Waals surface area contributed by atoms with Gasteiger partial charge >= 0.3 is 0 Å². The Balaban J connectivity index is 2.30. The Morgan fingerprint density at radius 1 is 0.812 bits per heavy atom. The SMILES string of the molecule is Oc1cccc2c1CCCc1ccccc1-2. The lowest BCUT2D eigenvalue weighted by molar-refractivity contribution is 0.468. The molecule has 0 bridgehead atoms. The van der Waals surface area contributed by atoms with E-state index >= 15 is 0 Å². The number of phenols is 1. The molecule has 0 fully saturated rings. The maximum absolute atomic E-state index is 9.91. The van der Waals surface area contributed by atoms with Crippen molar-refractivity contribution in [1.82, 2.24) is 0 Å². The normalized spacial score (nSPS) is 13.8. The molecule has 16 heavy (non-hydrogen) atoms. The lowest BCUT2D eigenvalue weighted by atomic mass is 9.96. The van der Waals surface area contributed by atoms with Gasteiger partial charge in [0.15, 0.2) is 0 Å². The molecule has 80 valence electrons. The highest BCUT2D eigenvalue weighted by Gasteiger charge is 2.15. The van der Waals surface area contributed by atoms with Crippen LogP contribution in [0.15, 0.2) is 42.5 Å². The highest BCUT2D eigenvalue weighted by molar-refractivity contribution is 5.73. The second-order valence-electron chi connectivity index (χ2n) is 4.31. The zero-order chi connectivity index (χ0) is 11.0. The zero-order valence-corrected chi connectivity index (χ0v) is 9.11. The van der Waals surface area contributed by atoms with Crippen molar-refractivity contribution in [1.29, 1.82) is 0 Å². The first-order valence-corrected chi connectivity index (χ1v) is 5.75. The second kappa shape index (κ2) is 3.67. The molecule has 0 heterocycles. The molecule has 0 unspecified atom stereocenters. The van der Waals surface area contributed by atoms with E-state index in [2.05, 4.69) is 30.3 Å². The molecule has 1 heteroatoms. The number of hydrogen-bond acceptors (Lipinski definition) is 1. The fourth-order valence-corrected chi connectivity index (χ4v) is 2.55. The Labute approximate surface area is 95.4 Å². The van der Waals surface area contributed by atoms with Crippen molar-refractivity contribution in [2.24, 2.45) is 0 Å². The van der Waals surface area contributed by atoms with Gasteiger partial charge in [-0.3, -0.25) is 0 Å². The van der Waals surface area contributed by atoms with Gasteiger partial charge in [-0.1, -0.05) is 36.4 Å². The molecule has 1 aliphatic rings.